The van der Waals surface area contributed by atoms with Crippen molar-refractivity contribution in [2.75, 3.05) is 18.4 Å². The number of rotatable bonds is 9. The van der Waals surface area contributed by atoms with Crippen LogP contribution in [0.25, 0.3) is 21.9 Å². The average Bonchev–Trinajstić information content (AvgIpc) is 3.75. The predicted octanol–water partition coefficient (Wildman–Crippen LogP) is 5.03. The summed E-state index contributed by atoms with van der Waals surface area (Å²) in [4.78, 5) is 49.0. The van der Waals surface area contributed by atoms with Gasteiger partial charge in [-0.3, -0.25) is 9.59 Å². The van der Waals surface area contributed by atoms with Crippen molar-refractivity contribution in [3.63, 3.8) is 0 Å². The SMILES string of the molecule is Cn1ccnc1CNC(=O)CCC(Nc1ncnc2cc(C(=O)N3CCCC3)c(Cl)cc12)c1nc2cc(Cl)ccc2[nH]1. The zero-order chi connectivity index (χ0) is 29.2. The number of aromatic amines is 1. The summed E-state index contributed by atoms with van der Waals surface area (Å²) in [5, 5.41) is 7.95. The summed E-state index contributed by atoms with van der Waals surface area (Å²) in [6, 6.07) is 8.46. The van der Waals surface area contributed by atoms with Crippen LogP contribution in [0.2, 0.25) is 10.0 Å². The Labute approximate surface area is 251 Å². The first-order valence-corrected chi connectivity index (χ1v) is 14.5. The van der Waals surface area contributed by atoms with Crippen LogP contribution in [-0.2, 0) is 18.4 Å². The molecule has 0 bridgehead atoms. The average molecular weight is 607 g/mol. The van der Waals surface area contributed by atoms with E-state index in [1.54, 1.807) is 30.5 Å². The summed E-state index contributed by atoms with van der Waals surface area (Å²) in [7, 11) is 1.88. The van der Waals surface area contributed by atoms with Crippen molar-refractivity contribution in [1.29, 1.82) is 0 Å². The first-order valence-electron chi connectivity index (χ1n) is 13.7. The molecule has 6 rings (SSSR count). The van der Waals surface area contributed by atoms with Crippen molar-refractivity contribution in [1.82, 2.24) is 39.7 Å². The van der Waals surface area contributed by atoms with Crippen molar-refractivity contribution >= 4 is 62.8 Å². The number of likely N-dealkylation sites (tertiary alicyclic amines) is 1. The highest BCUT2D eigenvalue weighted by Crippen LogP contribution is 2.32. The number of H-pyrrole nitrogens is 1. The first kappa shape index (κ1) is 27.9. The van der Waals surface area contributed by atoms with E-state index >= 15 is 0 Å². The van der Waals surface area contributed by atoms with Gasteiger partial charge in [0.25, 0.3) is 5.91 Å². The molecule has 5 aromatic rings. The smallest absolute Gasteiger partial charge is 0.255 e. The van der Waals surface area contributed by atoms with Crippen molar-refractivity contribution in [3.05, 3.63) is 76.3 Å². The van der Waals surface area contributed by atoms with Gasteiger partial charge in [-0.1, -0.05) is 23.2 Å². The number of nitrogens with one attached hydrogen (secondary N) is 3. The third-order valence-electron chi connectivity index (χ3n) is 7.48. The maximum atomic E-state index is 13.1. The molecule has 3 aromatic heterocycles. The van der Waals surface area contributed by atoms with E-state index in [1.807, 2.05) is 28.8 Å². The van der Waals surface area contributed by atoms with E-state index in [0.717, 1.165) is 37.3 Å². The highest BCUT2D eigenvalue weighted by atomic mass is 35.5. The second kappa shape index (κ2) is 11.9. The van der Waals surface area contributed by atoms with Crippen LogP contribution in [0.1, 0.15) is 53.7 Å². The Morgan fingerprint density at radius 2 is 1.90 bits per heavy atom. The number of hydrogen-bond donors (Lipinski definition) is 3. The Morgan fingerprint density at radius 1 is 1.07 bits per heavy atom. The van der Waals surface area contributed by atoms with E-state index in [2.05, 4.69) is 30.6 Å². The molecule has 42 heavy (non-hydrogen) atoms. The fraction of sp³-hybridized carbons (Fsp3) is 0.310. The number of nitrogens with zero attached hydrogens (tertiary/aromatic N) is 6. The number of carbonyl (C=O) groups excluding carboxylic acids is 2. The molecule has 1 aliphatic heterocycles. The zero-order valence-corrected chi connectivity index (χ0v) is 24.4. The Kier molecular flexibility index (Phi) is 7.94. The minimum Gasteiger partial charge on any atom is -0.359 e. The molecule has 1 fully saturated rings. The minimum atomic E-state index is -0.419. The predicted molar refractivity (Wildman–Crippen MR) is 161 cm³/mol. The van der Waals surface area contributed by atoms with Gasteiger partial charge in [-0.25, -0.2) is 19.9 Å². The molecule has 1 aliphatic rings. The summed E-state index contributed by atoms with van der Waals surface area (Å²) in [5.74, 6) is 1.69. The van der Waals surface area contributed by atoms with Gasteiger partial charge in [0.2, 0.25) is 5.91 Å². The van der Waals surface area contributed by atoms with Gasteiger partial charge < -0.3 is 25.1 Å². The third kappa shape index (κ3) is 5.88. The van der Waals surface area contributed by atoms with Crippen molar-refractivity contribution in [2.24, 2.45) is 7.05 Å². The normalized spacial score (nSPS) is 14.0. The summed E-state index contributed by atoms with van der Waals surface area (Å²) in [6.07, 6.45) is 7.57. The monoisotopic (exact) mass is 605 g/mol. The Morgan fingerprint density at radius 3 is 2.69 bits per heavy atom. The van der Waals surface area contributed by atoms with Crippen LogP contribution in [0.4, 0.5) is 5.82 Å². The second-order valence-electron chi connectivity index (χ2n) is 10.3. The molecule has 13 heteroatoms. The van der Waals surface area contributed by atoms with Crippen LogP contribution in [0, 0.1) is 0 Å². The number of anilines is 1. The number of carbonyl (C=O) groups is 2. The van der Waals surface area contributed by atoms with Crippen molar-refractivity contribution in [2.45, 2.75) is 38.3 Å². The van der Waals surface area contributed by atoms with Gasteiger partial charge in [-0.15, -0.1) is 0 Å². The van der Waals surface area contributed by atoms with Crippen LogP contribution in [0.5, 0.6) is 0 Å². The van der Waals surface area contributed by atoms with Crippen molar-refractivity contribution in [3.8, 4) is 0 Å². The van der Waals surface area contributed by atoms with Gasteiger partial charge in [0, 0.05) is 49.4 Å². The molecule has 2 amide bonds. The topological polar surface area (TPSA) is 134 Å². The fourth-order valence-electron chi connectivity index (χ4n) is 5.16. The molecule has 0 saturated carbocycles. The highest BCUT2D eigenvalue weighted by Gasteiger charge is 2.24. The van der Waals surface area contributed by atoms with Crippen LogP contribution >= 0.6 is 23.2 Å². The number of aromatic nitrogens is 6. The molecule has 0 spiro atoms. The molecule has 1 saturated heterocycles. The lowest BCUT2D eigenvalue weighted by Crippen LogP contribution is -2.27. The molecular weight excluding hydrogens is 577 g/mol. The fourth-order valence-corrected chi connectivity index (χ4v) is 5.57. The van der Waals surface area contributed by atoms with Gasteiger partial charge in [0.1, 0.15) is 23.8 Å². The molecular formula is C29H29Cl2N9O2. The molecule has 3 N–H and O–H groups in total. The number of aryl methyl sites for hydroxylation is 1. The van der Waals surface area contributed by atoms with Gasteiger partial charge >= 0.3 is 0 Å². The van der Waals surface area contributed by atoms with Gasteiger partial charge in [0.05, 0.1) is 39.7 Å². The van der Waals surface area contributed by atoms with Gasteiger partial charge in [0.15, 0.2) is 0 Å². The summed E-state index contributed by atoms with van der Waals surface area (Å²) in [5.41, 5.74) is 2.54. The number of hydrogen-bond acceptors (Lipinski definition) is 7. The number of amides is 2. The van der Waals surface area contributed by atoms with Crippen LogP contribution in [-0.4, -0.2) is 59.3 Å². The summed E-state index contributed by atoms with van der Waals surface area (Å²) in [6.45, 7) is 1.78. The van der Waals surface area contributed by atoms with Gasteiger partial charge in [-0.2, -0.15) is 0 Å². The van der Waals surface area contributed by atoms with E-state index in [4.69, 9.17) is 28.2 Å². The lowest BCUT2D eigenvalue weighted by molar-refractivity contribution is -0.121. The summed E-state index contributed by atoms with van der Waals surface area (Å²) < 4.78 is 1.86. The molecule has 4 heterocycles. The number of halogens is 2. The van der Waals surface area contributed by atoms with E-state index in [-0.39, 0.29) is 18.2 Å². The highest BCUT2D eigenvalue weighted by molar-refractivity contribution is 6.35. The van der Waals surface area contributed by atoms with E-state index in [0.29, 0.717) is 56.6 Å². The standard InChI is InChI=1S/C29H29Cl2N9O2/c1-39-11-8-32-25(39)15-33-26(41)7-6-22(28-36-21-5-4-17(30)12-24(21)38-28)37-27-19-13-20(31)18(14-23(19)34-16-35-27)29(42)40-9-2-3-10-40/h4-5,8,11-14,16,22H,2-3,6-7,9-10,15H2,1H3,(H,33,41)(H,36,38)(H,34,35,37). The van der Waals surface area contributed by atoms with Crippen LogP contribution in [0.15, 0.2) is 49.1 Å². The molecule has 0 aliphatic carbocycles. The quantitative estimate of drug-likeness (QED) is 0.214. The number of fused-ring (bicyclic) bond motifs is 2. The van der Waals surface area contributed by atoms with Gasteiger partial charge in [-0.05, 0) is 49.6 Å². The van der Waals surface area contributed by atoms with Crippen LogP contribution < -0.4 is 10.6 Å². The molecule has 11 nitrogen and oxygen atoms in total. The Bertz CT molecular complexity index is 1780. The Hall–Kier alpha value is -4.22. The minimum absolute atomic E-state index is 0.0945. The molecule has 216 valence electrons. The van der Waals surface area contributed by atoms with Crippen LogP contribution in [0.3, 0.4) is 0 Å². The number of benzene rings is 2. The van der Waals surface area contributed by atoms with E-state index < -0.39 is 6.04 Å². The maximum absolute atomic E-state index is 13.1. The second-order valence-corrected chi connectivity index (χ2v) is 11.2. The van der Waals surface area contributed by atoms with E-state index in [1.165, 1.54) is 6.33 Å². The third-order valence-corrected chi connectivity index (χ3v) is 8.02. The first-order chi connectivity index (χ1) is 20.4. The van der Waals surface area contributed by atoms with Crippen molar-refractivity contribution < 1.29 is 9.59 Å². The molecule has 2 aromatic carbocycles. The van der Waals surface area contributed by atoms with E-state index in [9.17, 15) is 9.59 Å². The summed E-state index contributed by atoms with van der Waals surface area (Å²) >= 11 is 12.8. The molecule has 0 radical (unpaired) electrons. The number of imidazole rings is 2. The molecule has 1 atom stereocenters. The molecule has 1 unspecified atom stereocenters. The lowest BCUT2D eigenvalue weighted by Gasteiger charge is -2.19. The Balaban J connectivity index is 1.27. The maximum Gasteiger partial charge on any atom is 0.255 e. The zero-order valence-electron chi connectivity index (χ0n) is 22.9. The largest absolute Gasteiger partial charge is 0.359 e. The lowest BCUT2D eigenvalue weighted by atomic mass is 10.1.